The maximum Gasteiger partial charge on any atom is 0.245 e. The summed E-state index contributed by atoms with van der Waals surface area (Å²) in [5.74, 6) is 0.129. The van der Waals surface area contributed by atoms with Crippen molar-refractivity contribution in [3.8, 4) is 0 Å². The molecule has 4 heteroatoms. The topological polar surface area (TPSA) is 49.4 Å². The van der Waals surface area contributed by atoms with Crippen LogP contribution in [0.15, 0.2) is 0 Å². The van der Waals surface area contributed by atoms with Crippen LogP contribution in [-0.2, 0) is 9.59 Å². The summed E-state index contributed by atoms with van der Waals surface area (Å²) in [5.41, 5.74) is 0. The Morgan fingerprint density at radius 3 is 2.69 bits per heavy atom. The molecule has 1 atom stereocenters. The zero-order chi connectivity index (χ0) is 9.26. The van der Waals surface area contributed by atoms with E-state index in [2.05, 4.69) is 5.32 Å². The highest BCUT2D eigenvalue weighted by Crippen LogP contribution is 2.14. The molecule has 0 unspecified atom stereocenters. The molecular weight excluding hydrogens is 168 g/mol. The average molecular weight is 182 g/mol. The molecule has 0 aromatic rings. The number of rotatable bonds is 1. The van der Waals surface area contributed by atoms with Crippen LogP contribution in [0.2, 0.25) is 0 Å². The fourth-order valence-electron chi connectivity index (χ4n) is 1.75. The number of hydrogen-bond acceptors (Lipinski definition) is 2. The molecule has 2 rings (SSSR count). The number of nitrogens with one attached hydrogen (secondary N) is 1. The maximum atomic E-state index is 11.6. The minimum atomic E-state index is -0.235. The molecule has 0 aromatic carbocycles. The van der Waals surface area contributed by atoms with Crippen LogP contribution in [0, 0.1) is 0 Å². The van der Waals surface area contributed by atoms with E-state index in [0.29, 0.717) is 6.42 Å². The summed E-state index contributed by atoms with van der Waals surface area (Å²) in [6, 6.07) is -0.235. The van der Waals surface area contributed by atoms with Crippen molar-refractivity contribution in [2.75, 3.05) is 13.1 Å². The molecule has 0 spiro atoms. The predicted octanol–water partition coefficient (Wildman–Crippen LogP) is -0.113. The van der Waals surface area contributed by atoms with E-state index in [-0.39, 0.29) is 17.9 Å². The number of nitrogens with zero attached hydrogens (tertiary/aromatic N) is 1. The van der Waals surface area contributed by atoms with Gasteiger partial charge >= 0.3 is 0 Å². The number of hydrogen-bond donors (Lipinski definition) is 1. The largest absolute Gasteiger partial charge is 0.344 e. The lowest BCUT2D eigenvalue weighted by Gasteiger charge is -2.35. The van der Waals surface area contributed by atoms with Gasteiger partial charge in [0.15, 0.2) is 0 Å². The van der Waals surface area contributed by atoms with Crippen molar-refractivity contribution >= 4 is 11.8 Å². The summed E-state index contributed by atoms with van der Waals surface area (Å²) in [6.07, 6.45) is 3.33. The van der Waals surface area contributed by atoms with Crippen LogP contribution in [0.5, 0.6) is 0 Å². The van der Waals surface area contributed by atoms with Gasteiger partial charge < -0.3 is 10.2 Å². The van der Waals surface area contributed by atoms with E-state index in [1.165, 1.54) is 0 Å². The molecule has 0 aromatic heterocycles. The first kappa shape index (κ1) is 8.53. The highest BCUT2D eigenvalue weighted by Gasteiger charge is 2.30. The van der Waals surface area contributed by atoms with Crippen molar-refractivity contribution in [1.82, 2.24) is 10.2 Å². The zero-order valence-electron chi connectivity index (χ0n) is 7.58. The van der Waals surface area contributed by atoms with Gasteiger partial charge in [-0.3, -0.25) is 9.59 Å². The molecule has 2 saturated heterocycles. The molecule has 2 amide bonds. The monoisotopic (exact) mass is 182 g/mol. The predicted molar refractivity (Wildman–Crippen MR) is 47.0 cm³/mol. The summed E-state index contributed by atoms with van der Waals surface area (Å²) >= 11 is 0. The molecule has 0 aliphatic carbocycles. The summed E-state index contributed by atoms with van der Waals surface area (Å²) < 4.78 is 0. The van der Waals surface area contributed by atoms with Crippen LogP contribution in [0.3, 0.4) is 0 Å². The number of carbonyl (C=O) groups is 2. The van der Waals surface area contributed by atoms with Crippen LogP contribution < -0.4 is 5.32 Å². The Bertz CT molecular complexity index is 236. The van der Waals surface area contributed by atoms with E-state index in [1.54, 1.807) is 0 Å². The fourth-order valence-corrected chi connectivity index (χ4v) is 1.75. The summed E-state index contributed by atoms with van der Waals surface area (Å²) in [5, 5.41) is 2.74. The van der Waals surface area contributed by atoms with Crippen LogP contribution in [-0.4, -0.2) is 35.8 Å². The molecule has 72 valence electrons. The molecule has 2 aliphatic heterocycles. The van der Waals surface area contributed by atoms with E-state index >= 15 is 0 Å². The lowest BCUT2D eigenvalue weighted by molar-refractivity contribution is -0.140. The average Bonchev–Trinajstić information content (AvgIpc) is 2.01. The Kier molecular flexibility index (Phi) is 2.20. The Morgan fingerprint density at radius 1 is 1.38 bits per heavy atom. The quantitative estimate of drug-likeness (QED) is 0.615. The van der Waals surface area contributed by atoms with Crippen molar-refractivity contribution in [1.29, 1.82) is 0 Å². The summed E-state index contributed by atoms with van der Waals surface area (Å²) in [4.78, 5) is 24.5. The van der Waals surface area contributed by atoms with E-state index in [1.807, 2.05) is 4.90 Å². The fraction of sp³-hybridized carbons (Fsp3) is 0.778. The lowest BCUT2D eigenvalue weighted by atomic mass is 10.0. The minimum absolute atomic E-state index is 0.0186. The highest BCUT2D eigenvalue weighted by molar-refractivity contribution is 5.89. The lowest BCUT2D eigenvalue weighted by Crippen LogP contribution is -2.54. The number of carbonyl (C=O) groups excluding carboxylic acids is 2. The summed E-state index contributed by atoms with van der Waals surface area (Å²) in [7, 11) is 0. The second kappa shape index (κ2) is 3.36. The van der Waals surface area contributed by atoms with Crippen molar-refractivity contribution < 1.29 is 9.59 Å². The van der Waals surface area contributed by atoms with Crippen molar-refractivity contribution in [2.24, 2.45) is 0 Å². The smallest absolute Gasteiger partial charge is 0.245 e. The molecule has 2 aliphatic rings. The number of piperidine rings is 1. The Labute approximate surface area is 77.3 Å². The highest BCUT2D eigenvalue weighted by atomic mass is 16.2. The van der Waals surface area contributed by atoms with Gasteiger partial charge in [0.05, 0.1) is 0 Å². The maximum absolute atomic E-state index is 11.6. The molecule has 0 radical (unpaired) electrons. The van der Waals surface area contributed by atoms with Gasteiger partial charge in [0.25, 0.3) is 0 Å². The van der Waals surface area contributed by atoms with E-state index < -0.39 is 0 Å². The third-order valence-electron chi connectivity index (χ3n) is 2.70. The number of amides is 2. The zero-order valence-corrected chi connectivity index (χ0v) is 7.58. The van der Waals surface area contributed by atoms with Gasteiger partial charge in [0, 0.05) is 19.5 Å². The number of likely N-dealkylation sites (tertiary alicyclic amines) is 1. The van der Waals surface area contributed by atoms with Crippen LogP contribution in [0.1, 0.15) is 25.7 Å². The Morgan fingerprint density at radius 2 is 2.15 bits per heavy atom. The van der Waals surface area contributed by atoms with Gasteiger partial charge in [-0.2, -0.15) is 0 Å². The Hall–Kier alpha value is -1.06. The Balaban J connectivity index is 1.91. The van der Waals surface area contributed by atoms with E-state index in [0.717, 1.165) is 32.4 Å². The van der Waals surface area contributed by atoms with Crippen molar-refractivity contribution in [3.05, 3.63) is 0 Å². The molecule has 13 heavy (non-hydrogen) atoms. The van der Waals surface area contributed by atoms with Gasteiger partial charge in [-0.15, -0.1) is 0 Å². The second-order valence-electron chi connectivity index (χ2n) is 3.69. The molecule has 0 bridgehead atoms. The van der Waals surface area contributed by atoms with Gasteiger partial charge in [0.2, 0.25) is 11.8 Å². The summed E-state index contributed by atoms with van der Waals surface area (Å²) in [6.45, 7) is 1.73. The standard InChI is InChI=1S/C9H14N2O2/c12-8-4-1-3-7(10-8)9(13)11-5-2-6-11/h7H,1-6H2,(H,10,12)/t7-/m1/s1. The molecule has 2 heterocycles. The first-order valence-corrected chi connectivity index (χ1v) is 4.85. The minimum Gasteiger partial charge on any atom is -0.344 e. The van der Waals surface area contributed by atoms with E-state index in [9.17, 15) is 9.59 Å². The molecule has 0 saturated carbocycles. The van der Waals surface area contributed by atoms with Gasteiger partial charge in [0.1, 0.15) is 6.04 Å². The van der Waals surface area contributed by atoms with Crippen LogP contribution in [0.25, 0.3) is 0 Å². The first-order chi connectivity index (χ1) is 6.27. The van der Waals surface area contributed by atoms with Crippen molar-refractivity contribution in [2.45, 2.75) is 31.7 Å². The third kappa shape index (κ3) is 1.66. The second-order valence-corrected chi connectivity index (χ2v) is 3.69. The van der Waals surface area contributed by atoms with Gasteiger partial charge in [-0.25, -0.2) is 0 Å². The molecular formula is C9H14N2O2. The van der Waals surface area contributed by atoms with Gasteiger partial charge in [-0.1, -0.05) is 0 Å². The first-order valence-electron chi connectivity index (χ1n) is 4.85. The van der Waals surface area contributed by atoms with Gasteiger partial charge in [-0.05, 0) is 19.3 Å². The SMILES string of the molecule is O=C1CCC[C@H](C(=O)N2CCC2)N1. The normalized spacial score (nSPS) is 27.8. The molecule has 1 N–H and O–H groups in total. The molecule has 4 nitrogen and oxygen atoms in total. The third-order valence-corrected chi connectivity index (χ3v) is 2.70. The van der Waals surface area contributed by atoms with Crippen LogP contribution in [0.4, 0.5) is 0 Å². The van der Waals surface area contributed by atoms with E-state index in [4.69, 9.17) is 0 Å². The van der Waals surface area contributed by atoms with Crippen LogP contribution >= 0.6 is 0 Å². The van der Waals surface area contributed by atoms with Crippen molar-refractivity contribution in [3.63, 3.8) is 0 Å². The molecule has 2 fully saturated rings.